The smallest absolute Gasteiger partial charge is 0.146 e. The monoisotopic (exact) mass is 270 g/mol. The van der Waals surface area contributed by atoms with Crippen molar-refractivity contribution in [2.24, 2.45) is 0 Å². The molecule has 3 rings (SSSR count). The molecule has 0 aromatic heterocycles. The van der Waals surface area contributed by atoms with Crippen LogP contribution in [0.4, 0.5) is 15.8 Å². The molecule has 1 aliphatic rings. The zero-order valence-corrected chi connectivity index (χ0v) is 11.7. The van der Waals surface area contributed by atoms with Gasteiger partial charge in [-0.15, -0.1) is 0 Å². The SMILES string of the molecule is Cc1ccc2c(c1)CCCN2Cc1cccc(F)c1N. The number of nitrogen functional groups attached to an aromatic ring is 1. The van der Waals surface area contributed by atoms with E-state index in [1.54, 1.807) is 6.07 Å². The maximum absolute atomic E-state index is 13.5. The molecule has 0 saturated heterocycles. The van der Waals surface area contributed by atoms with E-state index in [9.17, 15) is 4.39 Å². The molecular weight excluding hydrogens is 251 g/mol. The van der Waals surface area contributed by atoms with Gasteiger partial charge in [-0.1, -0.05) is 29.8 Å². The molecule has 0 bridgehead atoms. The van der Waals surface area contributed by atoms with E-state index < -0.39 is 0 Å². The minimum Gasteiger partial charge on any atom is -0.396 e. The fourth-order valence-corrected chi connectivity index (χ4v) is 2.89. The van der Waals surface area contributed by atoms with E-state index in [1.165, 1.54) is 22.9 Å². The van der Waals surface area contributed by atoms with Gasteiger partial charge in [-0.2, -0.15) is 0 Å². The first-order chi connectivity index (χ1) is 9.65. The van der Waals surface area contributed by atoms with E-state index in [4.69, 9.17) is 5.73 Å². The second kappa shape index (κ2) is 5.16. The van der Waals surface area contributed by atoms with E-state index in [1.807, 2.05) is 6.07 Å². The van der Waals surface area contributed by atoms with Crippen LogP contribution in [-0.4, -0.2) is 6.54 Å². The van der Waals surface area contributed by atoms with Crippen molar-refractivity contribution in [3.05, 3.63) is 58.9 Å². The zero-order valence-electron chi connectivity index (χ0n) is 11.7. The van der Waals surface area contributed by atoms with Gasteiger partial charge in [-0.3, -0.25) is 0 Å². The van der Waals surface area contributed by atoms with Gasteiger partial charge in [-0.25, -0.2) is 4.39 Å². The summed E-state index contributed by atoms with van der Waals surface area (Å²) in [5.41, 5.74) is 10.9. The number of nitrogens with zero attached hydrogens (tertiary/aromatic N) is 1. The van der Waals surface area contributed by atoms with Crippen molar-refractivity contribution >= 4 is 11.4 Å². The van der Waals surface area contributed by atoms with Crippen LogP contribution in [0.3, 0.4) is 0 Å². The van der Waals surface area contributed by atoms with Crippen LogP contribution in [0.1, 0.15) is 23.1 Å². The van der Waals surface area contributed by atoms with Crippen molar-refractivity contribution in [2.75, 3.05) is 17.2 Å². The molecule has 0 atom stereocenters. The van der Waals surface area contributed by atoms with Crippen LogP contribution in [0.2, 0.25) is 0 Å². The standard InChI is InChI=1S/C17H19FN2/c1-12-7-8-16-13(10-12)5-3-9-20(16)11-14-4-2-6-15(18)17(14)19/h2,4,6-8,10H,3,5,9,11,19H2,1H3. The zero-order chi connectivity index (χ0) is 14.1. The number of rotatable bonds is 2. The molecule has 0 radical (unpaired) electrons. The molecule has 0 amide bonds. The van der Waals surface area contributed by atoms with E-state index in [0.29, 0.717) is 6.54 Å². The van der Waals surface area contributed by atoms with Gasteiger partial charge in [0.1, 0.15) is 5.82 Å². The fraction of sp³-hybridized carbons (Fsp3) is 0.294. The van der Waals surface area contributed by atoms with Crippen molar-refractivity contribution in [1.29, 1.82) is 0 Å². The lowest BCUT2D eigenvalue weighted by Gasteiger charge is -2.32. The van der Waals surface area contributed by atoms with E-state index in [0.717, 1.165) is 24.9 Å². The summed E-state index contributed by atoms with van der Waals surface area (Å²) in [5.74, 6) is -0.330. The highest BCUT2D eigenvalue weighted by atomic mass is 19.1. The van der Waals surface area contributed by atoms with Gasteiger partial charge < -0.3 is 10.6 Å². The summed E-state index contributed by atoms with van der Waals surface area (Å²) in [7, 11) is 0. The van der Waals surface area contributed by atoms with Gasteiger partial charge in [0.05, 0.1) is 5.69 Å². The molecule has 3 heteroatoms. The molecule has 104 valence electrons. The predicted octanol–water partition coefficient (Wildman–Crippen LogP) is 3.67. The molecule has 2 N–H and O–H groups in total. The summed E-state index contributed by atoms with van der Waals surface area (Å²) in [5, 5.41) is 0. The molecule has 0 fully saturated rings. The van der Waals surface area contributed by atoms with Crippen molar-refractivity contribution in [2.45, 2.75) is 26.3 Å². The number of benzene rings is 2. The molecule has 20 heavy (non-hydrogen) atoms. The summed E-state index contributed by atoms with van der Waals surface area (Å²) in [4.78, 5) is 2.30. The second-order valence-corrected chi connectivity index (χ2v) is 5.47. The Morgan fingerprint density at radius 3 is 2.95 bits per heavy atom. The first-order valence-corrected chi connectivity index (χ1v) is 7.02. The van der Waals surface area contributed by atoms with Crippen LogP contribution in [0.25, 0.3) is 0 Å². The molecule has 1 aliphatic heterocycles. The highest BCUT2D eigenvalue weighted by molar-refractivity contribution is 5.58. The molecule has 2 aromatic rings. The number of nitrogens with two attached hydrogens (primary N) is 1. The Morgan fingerprint density at radius 2 is 2.10 bits per heavy atom. The number of para-hydroxylation sites is 1. The Bertz CT molecular complexity index is 637. The number of hydrogen-bond acceptors (Lipinski definition) is 2. The minimum absolute atomic E-state index is 0.270. The third-order valence-corrected chi connectivity index (χ3v) is 3.95. The van der Waals surface area contributed by atoms with Gasteiger partial charge >= 0.3 is 0 Å². The van der Waals surface area contributed by atoms with Gasteiger partial charge in [0.15, 0.2) is 0 Å². The minimum atomic E-state index is -0.330. The highest BCUT2D eigenvalue weighted by Crippen LogP contribution is 2.30. The van der Waals surface area contributed by atoms with Crippen molar-refractivity contribution in [1.82, 2.24) is 0 Å². The molecule has 1 heterocycles. The van der Waals surface area contributed by atoms with Crippen LogP contribution in [0, 0.1) is 12.7 Å². The quantitative estimate of drug-likeness (QED) is 0.844. The van der Waals surface area contributed by atoms with Gasteiger partial charge in [0, 0.05) is 18.8 Å². The van der Waals surface area contributed by atoms with Gasteiger partial charge in [0.25, 0.3) is 0 Å². The van der Waals surface area contributed by atoms with Crippen molar-refractivity contribution in [3.8, 4) is 0 Å². The number of hydrogen-bond donors (Lipinski definition) is 1. The topological polar surface area (TPSA) is 29.3 Å². The molecule has 0 unspecified atom stereocenters. The summed E-state index contributed by atoms with van der Waals surface area (Å²) in [6.07, 6.45) is 2.25. The summed E-state index contributed by atoms with van der Waals surface area (Å²) < 4.78 is 13.5. The molecule has 0 aliphatic carbocycles. The van der Waals surface area contributed by atoms with Crippen LogP contribution in [0.5, 0.6) is 0 Å². The second-order valence-electron chi connectivity index (χ2n) is 5.47. The number of anilines is 2. The number of aryl methyl sites for hydroxylation is 2. The first kappa shape index (κ1) is 13.0. The number of fused-ring (bicyclic) bond motifs is 1. The molecule has 2 aromatic carbocycles. The summed E-state index contributed by atoms with van der Waals surface area (Å²) in [6, 6.07) is 11.6. The Labute approximate surface area is 119 Å². The average molecular weight is 270 g/mol. The average Bonchev–Trinajstić information content (AvgIpc) is 2.44. The molecular formula is C17H19FN2. The lowest BCUT2D eigenvalue weighted by atomic mass is 9.99. The summed E-state index contributed by atoms with van der Waals surface area (Å²) >= 11 is 0. The molecule has 2 nitrogen and oxygen atoms in total. The van der Waals surface area contributed by atoms with E-state index in [2.05, 4.69) is 30.0 Å². The first-order valence-electron chi connectivity index (χ1n) is 7.02. The Kier molecular flexibility index (Phi) is 3.35. The molecule has 0 saturated carbocycles. The Balaban J connectivity index is 1.91. The third-order valence-electron chi connectivity index (χ3n) is 3.95. The highest BCUT2D eigenvalue weighted by Gasteiger charge is 2.18. The van der Waals surface area contributed by atoms with Crippen molar-refractivity contribution < 1.29 is 4.39 Å². The van der Waals surface area contributed by atoms with Crippen LogP contribution in [-0.2, 0) is 13.0 Å². The van der Waals surface area contributed by atoms with Crippen LogP contribution < -0.4 is 10.6 Å². The van der Waals surface area contributed by atoms with Gasteiger partial charge in [-0.05, 0) is 43.0 Å². The third kappa shape index (κ3) is 2.36. The normalized spacial score (nSPS) is 14.2. The van der Waals surface area contributed by atoms with Crippen LogP contribution >= 0.6 is 0 Å². The largest absolute Gasteiger partial charge is 0.396 e. The van der Waals surface area contributed by atoms with E-state index in [-0.39, 0.29) is 11.5 Å². The maximum Gasteiger partial charge on any atom is 0.146 e. The fourth-order valence-electron chi connectivity index (χ4n) is 2.89. The summed E-state index contributed by atoms with van der Waals surface area (Å²) in [6.45, 7) is 3.77. The Morgan fingerprint density at radius 1 is 1.25 bits per heavy atom. The van der Waals surface area contributed by atoms with Gasteiger partial charge in [0.2, 0.25) is 0 Å². The predicted molar refractivity (Wildman–Crippen MR) is 81.4 cm³/mol. The lowest BCUT2D eigenvalue weighted by Crippen LogP contribution is -2.29. The molecule has 0 spiro atoms. The Hall–Kier alpha value is -2.03. The maximum atomic E-state index is 13.5. The van der Waals surface area contributed by atoms with E-state index >= 15 is 0 Å². The van der Waals surface area contributed by atoms with Crippen molar-refractivity contribution in [3.63, 3.8) is 0 Å². The van der Waals surface area contributed by atoms with Crippen LogP contribution in [0.15, 0.2) is 36.4 Å². The lowest BCUT2D eigenvalue weighted by molar-refractivity contribution is 0.628. The number of halogens is 1.